The Labute approximate surface area is 770 Å². The molecule has 2 saturated heterocycles. The first-order valence-electron chi connectivity index (χ1n) is 46.0. The largest absolute Gasteiger partial charge is 0.481 e. The average Bonchev–Trinajstić information content (AvgIpc) is 1.67. The van der Waals surface area contributed by atoms with E-state index < -0.39 is 5.97 Å². The second-order valence-corrected chi connectivity index (χ2v) is 28.7. The highest BCUT2D eigenvalue weighted by atomic mass is 32.2. The summed E-state index contributed by atoms with van der Waals surface area (Å²) in [5.41, 5.74) is 0. The van der Waals surface area contributed by atoms with Crippen molar-refractivity contribution in [2.45, 2.75) is 49.4 Å². The first kappa shape index (κ1) is 122. The highest BCUT2D eigenvalue weighted by molar-refractivity contribution is 8.00. The van der Waals surface area contributed by atoms with Crippen LogP contribution in [-0.4, -0.2) is 528 Å². The zero-order valence-corrected chi connectivity index (χ0v) is 78.2. The molecule has 44 heteroatoms. The Kier molecular flexibility index (Phi) is 101. The van der Waals surface area contributed by atoms with Gasteiger partial charge in [0.2, 0.25) is 5.91 Å². The zero-order chi connectivity index (χ0) is 91.6. The van der Waals surface area contributed by atoms with Crippen LogP contribution >= 0.6 is 11.8 Å². The van der Waals surface area contributed by atoms with Crippen molar-refractivity contribution in [3.05, 3.63) is 0 Å². The highest BCUT2D eigenvalue weighted by Crippen LogP contribution is 2.33. The lowest BCUT2D eigenvalue weighted by molar-refractivity contribution is -0.138. The zero-order valence-electron chi connectivity index (χ0n) is 77.4. The smallest absolute Gasteiger partial charge is 0.315 e. The average molecular weight is 1900 g/mol. The predicted octanol–water partition coefficient (Wildman–Crippen LogP) is 0.901. The van der Waals surface area contributed by atoms with Gasteiger partial charge in [-0.15, -0.1) is 0 Å². The van der Waals surface area contributed by atoms with Crippen molar-refractivity contribution in [2.24, 2.45) is 0 Å². The summed E-state index contributed by atoms with van der Waals surface area (Å²) in [4.78, 5) is 34.0. The van der Waals surface area contributed by atoms with Crippen LogP contribution in [0, 0.1) is 0 Å². The summed E-state index contributed by atoms with van der Waals surface area (Å²) in [6, 6.07) is 0.377. The minimum absolute atomic E-state index is 0.0133. The number of unbranched alkanes of at least 4 members (excludes halogenated alkanes) is 1. The first-order chi connectivity index (χ1) is 64.1. The second-order valence-electron chi connectivity index (χ2n) is 27.4. The Balaban J connectivity index is 1.07. The minimum atomic E-state index is -0.882. The maximum absolute atomic E-state index is 12.1. The third-order valence-corrected chi connectivity index (χ3v) is 18.6. The summed E-state index contributed by atoms with van der Waals surface area (Å²) in [6.07, 6.45) is 3.28. The van der Waals surface area contributed by atoms with Crippen molar-refractivity contribution in [2.75, 3.05) is 488 Å². The molecular weight excluding hydrogens is 1730 g/mol. The monoisotopic (exact) mass is 1900 g/mol. The van der Waals surface area contributed by atoms with E-state index in [1.807, 2.05) is 11.8 Å². The molecular formula is C85H165N3O40S. The maximum Gasteiger partial charge on any atom is 0.315 e. The van der Waals surface area contributed by atoms with Gasteiger partial charge >= 0.3 is 12.0 Å². The van der Waals surface area contributed by atoms with Gasteiger partial charge in [0, 0.05) is 24.0 Å². The number of ether oxygens (including phenoxy) is 36. The number of aliphatic carboxylic acids is 1. The van der Waals surface area contributed by atoms with Crippen LogP contribution in [0.4, 0.5) is 4.79 Å². The van der Waals surface area contributed by atoms with Gasteiger partial charge in [-0.25, -0.2) is 4.79 Å². The molecule has 766 valence electrons. The van der Waals surface area contributed by atoms with E-state index in [0.717, 1.165) is 25.0 Å². The number of hydrogen-bond donors (Lipinski definition) is 4. The van der Waals surface area contributed by atoms with E-state index in [2.05, 4.69) is 16.0 Å². The third kappa shape index (κ3) is 98.0. The van der Waals surface area contributed by atoms with Crippen LogP contribution in [0.15, 0.2) is 0 Å². The molecule has 2 fully saturated rings. The summed E-state index contributed by atoms with van der Waals surface area (Å²) in [5, 5.41) is 17.8. The molecule has 0 unspecified atom stereocenters. The highest BCUT2D eigenvalue weighted by Gasteiger charge is 2.42. The molecule has 0 radical (unpaired) electrons. The Morgan fingerprint density at radius 3 is 0.566 bits per heavy atom. The van der Waals surface area contributed by atoms with Crippen molar-refractivity contribution in [3.63, 3.8) is 0 Å². The summed E-state index contributed by atoms with van der Waals surface area (Å²) in [7, 11) is 0. The van der Waals surface area contributed by atoms with Gasteiger partial charge in [0.05, 0.1) is 494 Å². The summed E-state index contributed by atoms with van der Waals surface area (Å²) < 4.78 is 199. The Bertz CT molecular complexity index is 2190. The van der Waals surface area contributed by atoms with Gasteiger partial charge in [-0.05, 0) is 12.8 Å². The van der Waals surface area contributed by atoms with Crippen molar-refractivity contribution in [1.82, 2.24) is 16.0 Å². The van der Waals surface area contributed by atoms with Gasteiger partial charge in [0.1, 0.15) is 0 Å². The number of amides is 3. The number of carboxylic acids is 1. The molecule has 0 aromatic rings. The van der Waals surface area contributed by atoms with E-state index in [-0.39, 0.29) is 37.0 Å². The van der Waals surface area contributed by atoms with Crippen LogP contribution in [0.5, 0.6) is 0 Å². The molecule has 0 saturated carbocycles. The number of carbonyl (C=O) groups is 3. The van der Waals surface area contributed by atoms with E-state index in [9.17, 15) is 14.4 Å². The van der Waals surface area contributed by atoms with Gasteiger partial charge < -0.3 is 192 Å². The van der Waals surface area contributed by atoms with Crippen molar-refractivity contribution >= 4 is 29.7 Å². The Hall–Kier alpha value is -2.88. The predicted molar refractivity (Wildman–Crippen MR) is 469 cm³/mol. The number of fused-ring (bicyclic) bond motifs is 1. The van der Waals surface area contributed by atoms with Crippen LogP contribution < -0.4 is 16.0 Å². The van der Waals surface area contributed by atoms with Crippen LogP contribution in [0.1, 0.15) is 32.1 Å². The van der Waals surface area contributed by atoms with Crippen LogP contribution in [0.25, 0.3) is 0 Å². The lowest BCUT2D eigenvalue weighted by atomic mass is 10.0. The molecule has 129 heavy (non-hydrogen) atoms. The van der Waals surface area contributed by atoms with Gasteiger partial charge in [0.15, 0.2) is 0 Å². The molecule has 0 spiro atoms. The molecule has 0 bridgehead atoms. The van der Waals surface area contributed by atoms with E-state index in [1.54, 1.807) is 0 Å². The second kappa shape index (κ2) is 107. The molecule has 2 rings (SSSR count). The standard InChI is InChI=1S/C85H165N3O40S/c89-82(4-2-1-3-81-84-80(79-129-81)87-85(92)88-84)86-6-8-94-10-12-96-14-16-98-18-20-100-22-24-102-26-28-104-30-32-106-34-36-108-38-40-110-42-44-112-46-48-114-50-52-116-54-56-118-58-60-120-62-64-122-66-68-124-70-72-126-74-76-128-78-77-127-75-73-125-71-69-123-67-65-121-63-61-119-59-57-117-55-53-115-51-49-113-47-45-111-43-41-109-39-37-107-35-33-105-31-29-103-27-25-101-23-21-99-19-17-97-15-13-95-11-9-93-7-5-83(90)91/h80-81,84H,1-79H2,(H,86,89)(H,90,91)(H2,87,88,92)/t80-,81-,84-/m0/s1. The molecule has 0 aliphatic carbocycles. The SMILES string of the molecule is O=C(O)CCOCCOCCOCCOCCOCCOCCOCCOCCOCCOCCOCCOCCOCCOCCOCCOCCOCCOCCOCCOCCOCCOCCOCCOCCOCCOCCOCCOCCOCCOCCOCCOCCOCCOCCOCCOCCNC(=O)CCCC[C@@H]1SC[C@@H]2NC(=O)N[C@@H]21. The number of carbonyl (C=O) groups excluding carboxylic acids is 2. The summed E-state index contributed by atoms with van der Waals surface area (Å²) >= 11 is 1.90. The number of carboxylic acid groups (broad SMARTS) is 1. The third-order valence-electron chi connectivity index (χ3n) is 17.1. The molecule has 2 aliphatic rings. The topological polar surface area (TPSA) is 440 Å². The fourth-order valence-electron chi connectivity index (χ4n) is 10.6. The number of hydrogen-bond acceptors (Lipinski definition) is 40. The van der Waals surface area contributed by atoms with Gasteiger partial charge in [-0.1, -0.05) is 6.42 Å². The lowest BCUT2D eigenvalue weighted by Crippen LogP contribution is -2.36. The molecule has 0 aromatic carbocycles. The van der Waals surface area contributed by atoms with Gasteiger partial charge in [-0.2, -0.15) is 11.8 Å². The van der Waals surface area contributed by atoms with E-state index in [4.69, 9.17) is 176 Å². The van der Waals surface area contributed by atoms with E-state index in [0.29, 0.717) is 487 Å². The number of thioether (sulfide) groups is 1. The van der Waals surface area contributed by atoms with Crippen molar-refractivity contribution in [3.8, 4) is 0 Å². The summed E-state index contributed by atoms with van der Waals surface area (Å²) in [5.74, 6) is 0.103. The number of nitrogens with one attached hydrogen (secondary N) is 3. The first-order valence-corrected chi connectivity index (χ1v) is 47.1. The van der Waals surface area contributed by atoms with Crippen LogP contribution in [-0.2, 0) is 180 Å². The minimum Gasteiger partial charge on any atom is -0.481 e. The number of urea groups is 1. The van der Waals surface area contributed by atoms with Gasteiger partial charge in [-0.3, -0.25) is 9.59 Å². The number of rotatable bonds is 116. The molecule has 3 atom stereocenters. The van der Waals surface area contributed by atoms with E-state index >= 15 is 0 Å². The van der Waals surface area contributed by atoms with Crippen LogP contribution in [0.3, 0.4) is 0 Å². The van der Waals surface area contributed by atoms with Gasteiger partial charge in [0.25, 0.3) is 0 Å². The van der Waals surface area contributed by atoms with Crippen molar-refractivity contribution in [1.29, 1.82) is 0 Å². The fourth-order valence-corrected chi connectivity index (χ4v) is 12.1. The molecule has 2 heterocycles. The van der Waals surface area contributed by atoms with Crippen LogP contribution in [0.2, 0.25) is 0 Å². The maximum atomic E-state index is 12.1. The molecule has 4 N–H and O–H groups in total. The molecule has 0 aromatic heterocycles. The quantitative estimate of drug-likeness (QED) is 0.0485. The molecule has 2 aliphatic heterocycles. The summed E-state index contributed by atoms with van der Waals surface area (Å²) in [6.45, 7) is 33.8. The van der Waals surface area contributed by atoms with Crippen molar-refractivity contribution < 1.29 is 190 Å². The lowest BCUT2D eigenvalue weighted by Gasteiger charge is -2.16. The molecule has 3 amide bonds. The van der Waals surface area contributed by atoms with E-state index in [1.165, 1.54) is 0 Å². The fraction of sp³-hybridized carbons (Fsp3) is 0.965. The Morgan fingerprint density at radius 2 is 0.395 bits per heavy atom. The molecule has 43 nitrogen and oxygen atoms in total. The Morgan fingerprint density at radius 1 is 0.233 bits per heavy atom. The normalized spacial score (nSPS) is 14.4.